The van der Waals surface area contributed by atoms with Crippen molar-refractivity contribution >= 4 is 39.0 Å². The van der Waals surface area contributed by atoms with Crippen LogP contribution in [-0.4, -0.2) is 27.9 Å². The quantitative estimate of drug-likeness (QED) is 0.375. The van der Waals surface area contributed by atoms with Gasteiger partial charge >= 0.3 is 23.1 Å². The zero-order chi connectivity index (χ0) is 3.70. The molecule has 0 amide bonds. The molecule has 0 aromatic carbocycles. The van der Waals surface area contributed by atoms with Crippen LogP contribution in [0.1, 0.15) is 22.1 Å². The Balaban J connectivity index is -0.0000000833. The molecule has 34 valence electrons. The van der Waals surface area contributed by atoms with Gasteiger partial charge in [-0.2, -0.15) is 0 Å². The molecule has 1 aliphatic rings. The third kappa shape index (κ3) is 1.80. The maximum atomic E-state index is 3.46. The molecule has 1 saturated carbocycles. The van der Waals surface area contributed by atoms with Crippen LogP contribution in [0.2, 0.25) is 0 Å². The Kier molecular flexibility index (Phi) is 3.95. The SMILES string of the molecule is BrC1CCC1.[H-].[H-].[Mg+2]. The fourth-order valence-corrected chi connectivity index (χ4v) is 1.01. The Labute approximate surface area is 65.9 Å². The molecule has 0 nitrogen and oxygen atoms in total. The number of halogens is 1. The Hall–Kier alpha value is 1.25. The Morgan fingerprint density at radius 1 is 1.50 bits per heavy atom. The first-order valence-electron chi connectivity index (χ1n) is 2.03. The predicted molar refractivity (Wildman–Crippen MR) is 34.5 cm³/mol. The van der Waals surface area contributed by atoms with Gasteiger partial charge in [0.15, 0.2) is 0 Å². The second kappa shape index (κ2) is 3.27. The van der Waals surface area contributed by atoms with Crippen molar-refractivity contribution in [2.75, 3.05) is 0 Å². The molecule has 0 unspecified atom stereocenters. The number of hydrogen-bond acceptors (Lipinski definition) is 0. The van der Waals surface area contributed by atoms with E-state index in [1.807, 2.05) is 0 Å². The first-order chi connectivity index (χ1) is 2.39. The molecular weight excluding hydrogens is 152 g/mol. The summed E-state index contributed by atoms with van der Waals surface area (Å²) in [6.07, 6.45) is 4.25. The number of alkyl halides is 1. The third-order valence-electron chi connectivity index (χ3n) is 1.03. The van der Waals surface area contributed by atoms with Crippen LogP contribution in [-0.2, 0) is 0 Å². The summed E-state index contributed by atoms with van der Waals surface area (Å²) in [7, 11) is 0. The van der Waals surface area contributed by atoms with Crippen molar-refractivity contribution in [1.82, 2.24) is 0 Å². The summed E-state index contributed by atoms with van der Waals surface area (Å²) >= 11 is 3.46. The second-order valence-electron chi connectivity index (χ2n) is 1.53. The standard InChI is InChI=1S/C4H7Br.Mg.2H/c5-4-2-1-3-4;;;/h4H,1-3H2;;;/q;+2;2*-1. The Bertz CT molecular complexity index is 41.0. The topological polar surface area (TPSA) is 0 Å². The summed E-state index contributed by atoms with van der Waals surface area (Å²) in [4.78, 5) is 0.877. The zero-order valence-corrected chi connectivity index (χ0v) is 6.78. The van der Waals surface area contributed by atoms with Crippen LogP contribution < -0.4 is 0 Å². The van der Waals surface area contributed by atoms with Crippen molar-refractivity contribution < 1.29 is 2.85 Å². The molecule has 1 rings (SSSR count). The summed E-state index contributed by atoms with van der Waals surface area (Å²) in [5.41, 5.74) is 0. The molecule has 0 aromatic heterocycles. The summed E-state index contributed by atoms with van der Waals surface area (Å²) < 4.78 is 0. The van der Waals surface area contributed by atoms with Crippen LogP contribution in [0, 0.1) is 0 Å². The van der Waals surface area contributed by atoms with Gasteiger partial charge in [0.25, 0.3) is 0 Å². The monoisotopic (exact) mass is 160 g/mol. The average molecular weight is 161 g/mol. The smallest absolute Gasteiger partial charge is 1.00 e. The van der Waals surface area contributed by atoms with Gasteiger partial charge in [-0.3, -0.25) is 0 Å². The minimum atomic E-state index is 0. The molecule has 6 heavy (non-hydrogen) atoms. The van der Waals surface area contributed by atoms with Gasteiger partial charge in [0, 0.05) is 4.83 Å². The van der Waals surface area contributed by atoms with Crippen LogP contribution >= 0.6 is 15.9 Å². The summed E-state index contributed by atoms with van der Waals surface area (Å²) in [6.45, 7) is 0. The van der Waals surface area contributed by atoms with Gasteiger partial charge in [0.05, 0.1) is 0 Å². The van der Waals surface area contributed by atoms with Crippen molar-refractivity contribution in [2.24, 2.45) is 0 Å². The van der Waals surface area contributed by atoms with Crippen molar-refractivity contribution in [3.63, 3.8) is 0 Å². The van der Waals surface area contributed by atoms with Gasteiger partial charge < -0.3 is 2.85 Å². The van der Waals surface area contributed by atoms with E-state index >= 15 is 0 Å². The predicted octanol–water partition coefficient (Wildman–Crippen LogP) is 1.78. The van der Waals surface area contributed by atoms with Crippen molar-refractivity contribution in [3.05, 3.63) is 0 Å². The first-order valence-corrected chi connectivity index (χ1v) is 2.95. The maximum Gasteiger partial charge on any atom is 2.00 e. The van der Waals surface area contributed by atoms with Gasteiger partial charge in [-0.25, -0.2) is 0 Å². The number of hydrogen-bond donors (Lipinski definition) is 0. The largest absolute Gasteiger partial charge is 2.00 e. The normalized spacial score (nSPS) is 21.5. The molecule has 0 aromatic rings. The van der Waals surface area contributed by atoms with E-state index in [-0.39, 0.29) is 25.9 Å². The molecule has 0 atom stereocenters. The fraction of sp³-hybridized carbons (Fsp3) is 1.00. The van der Waals surface area contributed by atoms with Crippen LogP contribution in [0.3, 0.4) is 0 Å². The molecule has 0 N–H and O–H groups in total. The van der Waals surface area contributed by atoms with E-state index in [9.17, 15) is 0 Å². The molecule has 0 bridgehead atoms. The average Bonchev–Trinajstić information content (AvgIpc) is 1.30. The minimum absolute atomic E-state index is 0. The van der Waals surface area contributed by atoms with Gasteiger partial charge in [-0.15, -0.1) is 0 Å². The summed E-state index contributed by atoms with van der Waals surface area (Å²) in [6, 6.07) is 0. The number of rotatable bonds is 0. The third-order valence-corrected chi connectivity index (χ3v) is 1.95. The summed E-state index contributed by atoms with van der Waals surface area (Å²) in [5, 5.41) is 0. The van der Waals surface area contributed by atoms with Crippen molar-refractivity contribution in [1.29, 1.82) is 0 Å². The molecule has 1 aliphatic carbocycles. The van der Waals surface area contributed by atoms with Crippen molar-refractivity contribution in [2.45, 2.75) is 24.1 Å². The molecule has 0 aliphatic heterocycles. The van der Waals surface area contributed by atoms with Gasteiger partial charge in [0.2, 0.25) is 0 Å². The van der Waals surface area contributed by atoms with Crippen LogP contribution in [0.15, 0.2) is 0 Å². The van der Waals surface area contributed by atoms with E-state index in [0.29, 0.717) is 0 Å². The summed E-state index contributed by atoms with van der Waals surface area (Å²) in [5.74, 6) is 0. The van der Waals surface area contributed by atoms with E-state index in [2.05, 4.69) is 15.9 Å². The van der Waals surface area contributed by atoms with E-state index in [1.54, 1.807) is 0 Å². The van der Waals surface area contributed by atoms with Gasteiger partial charge in [-0.05, 0) is 12.8 Å². The molecule has 2 heteroatoms. The second-order valence-corrected chi connectivity index (χ2v) is 2.82. The van der Waals surface area contributed by atoms with Crippen molar-refractivity contribution in [3.8, 4) is 0 Å². The van der Waals surface area contributed by atoms with E-state index in [0.717, 1.165) is 4.83 Å². The molecule has 0 radical (unpaired) electrons. The van der Waals surface area contributed by atoms with Gasteiger partial charge in [0.1, 0.15) is 0 Å². The zero-order valence-electron chi connectivity index (χ0n) is 5.78. The fourth-order valence-electron chi connectivity index (χ4n) is 0.358. The molecule has 1 fully saturated rings. The van der Waals surface area contributed by atoms with E-state index in [4.69, 9.17) is 0 Å². The first kappa shape index (κ1) is 7.25. The minimum Gasteiger partial charge on any atom is -1.00 e. The molecule has 0 heterocycles. The Morgan fingerprint density at radius 3 is 1.83 bits per heavy atom. The molecule has 0 saturated heterocycles. The van der Waals surface area contributed by atoms with Crippen LogP contribution in [0.4, 0.5) is 0 Å². The van der Waals surface area contributed by atoms with Gasteiger partial charge in [-0.1, -0.05) is 22.4 Å². The molecular formula is C4H9BrMg. The molecule has 0 spiro atoms. The van der Waals surface area contributed by atoms with E-state index in [1.165, 1.54) is 19.3 Å². The van der Waals surface area contributed by atoms with E-state index < -0.39 is 0 Å². The maximum absolute atomic E-state index is 3.46. The van der Waals surface area contributed by atoms with Crippen LogP contribution in [0.25, 0.3) is 0 Å². The Morgan fingerprint density at radius 2 is 1.83 bits per heavy atom. The van der Waals surface area contributed by atoms with Crippen LogP contribution in [0.5, 0.6) is 0 Å².